The summed E-state index contributed by atoms with van der Waals surface area (Å²) in [5.41, 5.74) is 0.848. The molecule has 0 heterocycles. The molecule has 0 aliphatic rings. The Hall–Kier alpha value is -1.48. The topological polar surface area (TPSA) is 106 Å². The van der Waals surface area contributed by atoms with Crippen LogP contribution < -0.4 is 0 Å². The number of nitrogens with zero attached hydrogens (tertiary/aromatic N) is 2. The molecule has 2 N–H and O–H groups in total. The first-order valence-corrected chi connectivity index (χ1v) is 19.1. The van der Waals surface area contributed by atoms with Crippen LogP contribution in [-0.2, 0) is 25.0 Å². The van der Waals surface area contributed by atoms with Gasteiger partial charge in [-0.3, -0.25) is 9.05 Å². The smallest absolute Gasteiger partial charge is 0.445 e. The lowest BCUT2D eigenvalue weighted by atomic mass is 10.0. The van der Waals surface area contributed by atoms with Crippen molar-refractivity contribution >= 4 is 13.9 Å². The summed E-state index contributed by atoms with van der Waals surface area (Å²) in [5, 5.41) is 10.4. The van der Waals surface area contributed by atoms with Crippen LogP contribution in [0.1, 0.15) is 128 Å². The molecule has 1 aromatic rings. The minimum atomic E-state index is -4.49. The first kappa shape index (κ1) is 41.5. The number of aliphatic hydroxyl groups is 1. The van der Waals surface area contributed by atoms with Crippen LogP contribution in [-0.4, -0.2) is 79.2 Å². The Morgan fingerprint density at radius 2 is 1.27 bits per heavy atom. The number of hydrogen-bond acceptors (Lipinski definition) is 6. The molecule has 0 fully saturated rings. The third kappa shape index (κ3) is 25.3. The van der Waals surface area contributed by atoms with Gasteiger partial charge in [0.25, 0.3) is 0 Å². The van der Waals surface area contributed by atoms with Gasteiger partial charge in [0, 0.05) is 6.54 Å². The summed E-state index contributed by atoms with van der Waals surface area (Å²) in [6, 6.07) is 9.35. The fourth-order valence-corrected chi connectivity index (χ4v) is 5.86. The number of ether oxygens (including phenoxy) is 1. The predicted octanol–water partition coefficient (Wildman–Crippen LogP) is 8.83. The van der Waals surface area contributed by atoms with Crippen molar-refractivity contribution in [2.24, 2.45) is 0 Å². The highest BCUT2D eigenvalue weighted by Gasteiger charge is 2.29. The maximum absolute atomic E-state index is 12.9. The summed E-state index contributed by atoms with van der Waals surface area (Å²) in [4.78, 5) is 24.3. The van der Waals surface area contributed by atoms with Crippen molar-refractivity contribution in [2.45, 2.75) is 135 Å². The molecule has 10 heteroatoms. The molecule has 2 unspecified atom stereocenters. The van der Waals surface area contributed by atoms with E-state index in [0.717, 1.165) is 24.8 Å². The largest absolute Gasteiger partial charge is 0.474 e. The first-order valence-electron chi connectivity index (χ1n) is 17.6. The number of hydrogen-bond donors (Lipinski definition) is 2. The van der Waals surface area contributed by atoms with Crippen molar-refractivity contribution in [1.82, 2.24) is 4.90 Å². The van der Waals surface area contributed by atoms with E-state index in [0.29, 0.717) is 17.6 Å². The summed E-state index contributed by atoms with van der Waals surface area (Å²) in [7, 11) is 1.30. The zero-order valence-corrected chi connectivity index (χ0v) is 29.9. The fourth-order valence-electron chi connectivity index (χ4n) is 5.11. The Labute approximate surface area is 274 Å². The summed E-state index contributed by atoms with van der Waals surface area (Å²) in [6.07, 6.45) is 20.6. The molecular formula is C35H66N2O7P+. The second-order valence-electron chi connectivity index (χ2n) is 13.4. The van der Waals surface area contributed by atoms with Gasteiger partial charge in [0.05, 0.1) is 27.7 Å². The predicted molar refractivity (Wildman–Crippen MR) is 183 cm³/mol. The van der Waals surface area contributed by atoms with E-state index in [4.69, 9.17) is 13.8 Å². The summed E-state index contributed by atoms with van der Waals surface area (Å²) in [5.74, 6) is 0. The third-order valence-electron chi connectivity index (χ3n) is 7.89. The molecule has 1 amide bonds. The zero-order chi connectivity index (χ0) is 33.2. The Morgan fingerprint density at radius 3 is 1.73 bits per heavy atom. The minimum absolute atomic E-state index is 0.00780. The average molecular weight is 658 g/mol. The molecule has 0 bridgehead atoms. The van der Waals surface area contributed by atoms with Gasteiger partial charge in [-0.25, -0.2) is 9.36 Å². The molecule has 45 heavy (non-hydrogen) atoms. The fraction of sp³-hybridized carbons (Fsp3) is 0.800. The number of aliphatic hydroxyl groups excluding tert-OH is 1. The maximum Gasteiger partial charge on any atom is 0.474 e. The van der Waals surface area contributed by atoms with Crippen LogP contribution in [0.25, 0.3) is 0 Å². The van der Waals surface area contributed by atoms with Gasteiger partial charge in [0.15, 0.2) is 6.29 Å². The molecule has 0 saturated heterocycles. The molecule has 2 atom stereocenters. The normalized spacial score (nSPS) is 13.8. The van der Waals surface area contributed by atoms with Crippen LogP contribution in [0.2, 0.25) is 0 Å². The molecule has 0 radical (unpaired) electrons. The molecule has 0 aliphatic carbocycles. The number of amides is 1. The van der Waals surface area contributed by atoms with Crippen LogP contribution in [0.3, 0.4) is 0 Å². The minimum Gasteiger partial charge on any atom is -0.445 e. The van der Waals surface area contributed by atoms with Gasteiger partial charge in [-0.1, -0.05) is 146 Å². The summed E-state index contributed by atoms with van der Waals surface area (Å²) in [6.45, 7) is 2.90. The monoisotopic (exact) mass is 657 g/mol. The molecule has 1 rings (SSSR count). The van der Waals surface area contributed by atoms with Crippen LogP contribution in [0.5, 0.6) is 0 Å². The quantitative estimate of drug-likeness (QED) is 0.0384. The molecule has 0 spiro atoms. The number of unbranched alkanes of at least 4 members (excludes halogenated alkanes) is 17. The van der Waals surface area contributed by atoms with Gasteiger partial charge in [-0.05, 0) is 12.0 Å². The van der Waals surface area contributed by atoms with Crippen LogP contribution in [0, 0.1) is 0 Å². The molecular weight excluding hydrogens is 591 g/mol. The molecule has 1 aromatic carbocycles. The van der Waals surface area contributed by atoms with Crippen LogP contribution in [0.4, 0.5) is 4.79 Å². The molecule has 262 valence electrons. The van der Waals surface area contributed by atoms with E-state index in [1.807, 2.05) is 51.5 Å². The third-order valence-corrected chi connectivity index (χ3v) is 8.91. The molecule has 9 nitrogen and oxygen atoms in total. The molecule has 0 aliphatic heterocycles. The van der Waals surface area contributed by atoms with E-state index in [1.54, 1.807) is 0 Å². The zero-order valence-electron chi connectivity index (χ0n) is 29.0. The lowest BCUT2D eigenvalue weighted by Gasteiger charge is -2.26. The number of phosphoric ester groups is 1. The summed E-state index contributed by atoms with van der Waals surface area (Å²) >= 11 is 0. The summed E-state index contributed by atoms with van der Waals surface area (Å²) < 4.78 is 28.3. The van der Waals surface area contributed by atoms with Gasteiger partial charge in [0.1, 0.15) is 19.8 Å². The Morgan fingerprint density at radius 1 is 0.800 bits per heavy atom. The van der Waals surface area contributed by atoms with Gasteiger partial charge in [0.2, 0.25) is 0 Å². The number of carbonyl (C=O) groups is 1. The Bertz CT molecular complexity index is 898. The second kappa shape index (κ2) is 25.6. The standard InChI is InChI=1S/C35H65N2O7P/c1-5-6-7-8-9-10-11-12-13-14-15-16-17-18-19-20-21-25-28-36(35(39)42-32-33-26-23-22-24-27-33)31-34(38)44-45(40,41)43-30-29-37(2,3)4/h22-24,26-27,34,38H,5-21,25,28-32H2,1-4H3/p+1. The number of carbonyl (C=O) groups excluding carboxylic acids is 1. The van der Waals surface area contributed by atoms with E-state index in [2.05, 4.69) is 6.92 Å². The van der Waals surface area contributed by atoms with Crippen molar-refractivity contribution in [3.05, 3.63) is 35.9 Å². The highest BCUT2D eigenvalue weighted by molar-refractivity contribution is 7.47. The van der Waals surface area contributed by atoms with Crippen molar-refractivity contribution in [2.75, 3.05) is 47.4 Å². The number of likely N-dealkylation sites (N-methyl/N-ethyl adjacent to an activating group) is 1. The number of benzene rings is 1. The first-order chi connectivity index (χ1) is 21.5. The SMILES string of the molecule is CCCCCCCCCCCCCCCCCCCCN(CC(O)OP(=O)(O)OCC[N+](C)(C)C)C(=O)OCc1ccccc1. The van der Waals surface area contributed by atoms with E-state index in [1.165, 1.54) is 101 Å². The van der Waals surface area contributed by atoms with E-state index < -0.39 is 20.2 Å². The Kier molecular flexibility index (Phi) is 23.6. The van der Waals surface area contributed by atoms with E-state index in [-0.39, 0.29) is 19.8 Å². The van der Waals surface area contributed by atoms with E-state index in [9.17, 15) is 19.4 Å². The number of rotatable bonds is 29. The highest BCUT2D eigenvalue weighted by atomic mass is 31.2. The van der Waals surface area contributed by atoms with Crippen LogP contribution in [0.15, 0.2) is 30.3 Å². The van der Waals surface area contributed by atoms with Crippen molar-refractivity contribution in [3.63, 3.8) is 0 Å². The second-order valence-corrected chi connectivity index (χ2v) is 14.8. The van der Waals surface area contributed by atoms with E-state index >= 15 is 0 Å². The van der Waals surface area contributed by atoms with Gasteiger partial charge in [-0.2, -0.15) is 0 Å². The van der Waals surface area contributed by atoms with Crippen LogP contribution >= 0.6 is 7.82 Å². The Balaban J connectivity index is 2.29. The average Bonchev–Trinajstić information content (AvgIpc) is 2.98. The van der Waals surface area contributed by atoms with Gasteiger partial charge in [-0.15, -0.1) is 0 Å². The number of quaternary nitrogens is 1. The van der Waals surface area contributed by atoms with Crippen molar-refractivity contribution in [1.29, 1.82) is 0 Å². The van der Waals surface area contributed by atoms with Crippen molar-refractivity contribution in [3.8, 4) is 0 Å². The lowest BCUT2D eigenvalue weighted by molar-refractivity contribution is -0.870. The highest BCUT2D eigenvalue weighted by Crippen LogP contribution is 2.44. The van der Waals surface area contributed by atoms with Crippen molar-refractivity contribution < 1.29 is 37.6 Å². The number of phosphoric acid groups is 1. The molecule has 0 saturated carbocycles. The maximum atomic E-state index is 12.9. The molecule has 0 aromatic heterocycles. The van der Waals surface area contributed by atoms with Gasteiger partial charge >= 0.3 is 13.9 Å². The lowest BCUT2D eigenvalue weighted by Crippen LogP contribution is -2.39. The van der Waals surface area contributed by atoms with Gasteiger partial charge < -0.3 is 24.1 Å².